The van der Waals surface area contributed by atoms with Gasteiger partial charge in [-0.15, -0.1) is 0 Å². The summed E-state index contributed by atoms with van der Waals surface area (Å²) in [4.78, 5) is 14.3. The molecule has 0 bridgehead atoms. The van der Waals surface area contributed by atoms with Crippen LogP contribution in [0.2, 0.25) is 0 Å². The van der Waals surface area contributed by atoms with E-state index in [1.54, 1.807) is 0 Å². The SMILES string of the molecule is CCCCc1ccnc(-c2cc(CCCC)cc(-c3cc(CCCC)ccn3)n2)c1. The van der Waals surface area contributed by atoms with Crippen molar-refractivity contribution in [2.45, 2.75) is 78.6 Å². The zero-order valence-electron chi connectivity index (χ0n) is 18.8. The Balaban J connectivity index is 1.98. The molecule has 3 aromatic heterocycles. The fourth-order valence-corrected chi connectivity index (χ4v) is 3.68. The Labute approximate surface area is 182 Å². The van der Waals surface area contributed by atoms with Crippen molar-refractivity contribution < 1.29 is 0 Å². The molecule has 0 radical (unpaired) electrons. The van der Waals surface area contributed by atoms with Gasteiger partial charge in [0.25, 0.3) is 0 Å². The molecule has 0 saturated heterocycles. The van der Waals surface area contributed by atoms with Gasteiger partial charge in [0.05, 0.1) is 22.8 Å². The number of nitrogens with zero attached hydrogens (tertiary/aromatic N) is 3. The second-order valence-corrected chi connectivity index (χ2v) is 8.16. The summed E-state index contributed by atoms with van der Waals surface area (Å²) < 4.78 is 0. The van der Waals surface area contributed by atoms with Crippen molar-refractivity contribution in [1.29, 1.82) is 0 Å². The lowest BCUT2D eigenvalue weighted by Crippen LogP contribution is -1.98. The van der Waals surface area contributed by atoms with Crippen LogP contribution < -0.4 is 0 Å². The van der Waals surface area contributed by atoms with E-state index in [4.69, 9.17) is 4.98 Å². The molecular formula is C27H35N3. The summed E-state index contributed by atoms with van der Waals surface area (Å²) in [5, 5.41) is 0. The average Bonchev–Trinajstić information content (AvgIpc) is 2.80. The van der Waals surface area contributed by atoms with E-state index < -0.39 is 0 Å². The topological polar surface area (TPSA) is 38.7 Å². The van der Waals surface area contributed by atoms with E-state index in [-0.39, 0.29) is 0 Å². The van der Waals surface area contributed by atoms with Gasteiger partial charge in [0, 0.05) is 12.4 Å². The summed E-state index contributed by atoms with van der Waals surface area (Å²) in [6.45, 7) is 6.70. The lowest BCUT2D eigenvalue weighted by molar-refractivity contribution is 0.792. The van der Waals surface area contributed by atoms with Crippen LogP contribution in [0.3, 0.4) is 0 Å². The van der Waals surface area contributed by atoms with Crippen molar-refractivity contribution in [2.75, 3.05) is 0 Å². The van der Waals surface area contributed by atoms with Gasteiger partial charge in [0.2, 0.25) is 0 Å². The summed E-state index contributed by atoms with van der Waals surface area (Å²) in [7, 11) is 0. The molecule has 0 amide bonds. The zero-order chi connectivity index (χ0) is 21.2. The smallest absolute Gasteiger partial charge is 0.0897 e. The highest BCUT2D eigenvalue weighted by atomic mass is 14.8. The number of aryl methyl sites for hydroxylation is 3. The van der Waals surface area contributed by atoms with E-state index in [1.807, 2.05) is 12.4 Å². The summed E-state index contributed by atoms with van der Waals surface area (Å²) >= 11 is 0. The van der Waals surface area contributed by atoms with Crippen molar-refractivity contribution in [2.24, 2.45) is 0 Å². The minimum atomic E-state index is 0.956. The van der Waals surface area contributed by atoms with Crippen LogP contribution in [0.4, 0.5) is 0 Å². The first-order chi connectivity index (χ1) is 14.7. The Kier molecular flexibility index (Phi) is 8.55. The quantitative estimate of drug-likeness (QED) is 0.340. The molecule has 3 heteroatoms. The molecule has 0 aliphatic rings. The summed E-state index contributed by atoms with van der Waals surface area (Å²) in [6, 6.07) is 13.1. The monoisotopic (exact) mass is 401 g/mol. The van der Waals surface area contributed by atoms with Gasteiger partial charge in [-0.1, -0.05) is 40.0 Å². The lowest BCUT2D eigenvalue weighted by Gasteiger charge is -2.10. The van der Waals surface area contributed by atoms with E-state index >= 15 is 0 Å². The second kappa shape index (κ2) is 11.6. The number of unbranched alkanes of at least 4 members (excludes halogenated alkanes) is 3. The highest BCUT2D eigenvalue weighted by Gasteiger charge is 2.10. The third-order valence-electron chi connectivity index (χ3n) is 5.52. The van der Waals surface area contributed by atoms with Gasteiger partial charge in [0.1, 0.15) is 0 Å². The Morgan fingerprint density at radius 2 is 0.933 bits per heavy atom. The largest absolute Gasteiger partial charge is 0.255 e. The maximum atomic E-state index is 5.00. The van der Waals surface area contributed by atoms with E-state index in [9.17, 15) is 0 Å². The number of pyridine rings is 3. The molecule has 0 N–H and O–H groups in total. The average molecular weight is 402 g/mol. The van der Waals surface area contributed by atoms with Crippen molar-refractivity contribution in [3.05, 3.63) is 65.5 Å². The van der Waals surface area contributed by atoms with Crippen molar-refractivity contribution in [3.63, 3.8) is 0 Å². The van der Waals surface area contributed by atoms with Crippen LogP contribution in [0.5, 0.6) is 0 Å². The predicted molar refractivity (Wildman–Crippen MR) is 127 cm³/mol. The van der Waals surface area contributed by atoms with Crippen LogP contribution in [0.25, 0.3) is 22.8 Å². The molecular weight excluding hydrogens is 366 g/mol. The highest BCUT2D eigenvalue weighted by Crippen LogP contribution is 2.25. The number of rotatable bonds is 11. The van der Waals surface area contributed by atoms with Gasteiger partial charge in [0.15, 0.2) is 0 Å². The summed E-state index contributed by atoms with van der Waals surface area (Å²) in [6.07, 6.45) is 14.3. The van der Waals surface area contributed by atoms with Gasteiger partial charge in [-0.3, -0.25) is 9.97 Å². The first-order valence-electron chi connectivity index (χ1n) is 11.6. The Morgan fingerprint density at radius 3 is 1.37 bits per heavy atom. The molecule has 0 saturated carbocycles. The molecule has 158 valence electrons. The minimum Gasteiger partial charge on any atom is -0.255 e. The van der Waals surface area contributed by atoms with Crippen LogP contribution >= 0.6 is 0 Å². The normalized spacial score (nSPS) is 11.0. The van der Waals surface area contributed by atoms with Crippen molar-refractivity contribution in [3.8, 4) is 22.8 Å². The Morgan fingerprint density at radius 1 is 0.533 bits per heavy atom. The first-order valence-corrected chi connectivity index (χ1v) is 11.6. The first kappa shape index (κ1) is 22.1. The molecule has 0 aliphatic carbocycles. The number of hydrogen-bond donors (Lipinski definition) is 0. The summed E-state index contributed by atoms with van der Waals surface area (Å²) in [5.74, 6) is 0. The van der Waals surface area contributed by atoms with E-state index in [0.717, 1.165) is 42.0 Å². The Hall–Kier alpha value is -2.55. The van der Waals surface area contributed by atoms with E-state index in [1.165, 1.54) is 55.2 Å². The number of aromatic nitrogens is 3. The van der Waals surface area contributed by atoms with Crippen LogP contribution in [0.1, 0.15) is 76.0 Å². The van der Waals surface area contributed by atoms with Gasteiger partial charge < -0.3 is 0 Å². The van der Waals surface area contributed by atoms with E-state index in [0.29, 0.717) is 0 Å². The molecule has 3 aromatic rings. The molecule has 0 spiro atoms. The molecule has 3 rings (SSSR count). The molecule has 0 unspecified atom stereocenters. The molecule has 0 fully saturated rings. The molecule has 0 aromatic carbocycles. The molecule has 3 heterocycles. The van der Waals surface area contributed by atoms with Crippen molar-refractivity contribution >= 4 is 0 Å². The predicted octanol–water partition coefficient (Wildman–Crippen LogP) is 7.23. The van der Waals surface area contributed by atoms with Crippen LogP contribution in [0.15, 0.2) is 48.8 Å². The maximum absolute atomic E-state index is 5.00. The summed E-state index contributed by atoms with van der Waals surface area (Å²) in [5.41, 5.74) is 7.83. The zero-order valence-corrected chi connectivity index (χ0v) is 18.8. The molecule has 0 aliphatic heterocycles. The maximum Gasteiger partial charge on any atom is 0.0897 e. The van der Waals surface area contributed by atoms with Gasteiger partial charge in [-0.25, -0.2) is 4.98 Å². The van der Waals surface area contributed by atoms with Crippen LogP contribution in [-0.2, 0) is 19.3 Å². The number of hydrogen-bond acceptors (Lipinski definition) is 3. The molecule has 0 atom stereocenters. The standard InChI is InChI=1S/C27H35N3/c1-4-7-10-21-13-15-28-24(17-21)26-19-23(12-9-6-3)20-27(30-26)25-18-22(11-8-5-2)14-16-29-25/h13-20H,4-12H2,1-3H3. The third-order valence-corrected chi connectivity index (χ3v) is 5.52. The Bertz CT molecular complexity index is 863. The van der Waals surface area contributed by atoms with E-state index in [2.05, 4.69) is 67.1 Å². The lowest BCUT2D eigenvalue weighted by atomic mass is 10.0. The van der Waals surface area contributed by atoms with Gasteiger partial charge in [-0.2, -0.15) is 0 Å². The van der Waals surface area contributed by atoms with Crippen molar-refractivity contribution in [1.82, 2.24) is 15.0 Å². The minimum absolute atomic E-state index is 0.956. The molecule has 30 heavy (non-hydrogen) atoms. The fourth-order valence-electron chi connectivity index (χ4n) is 3.68. The van der Waals surface area contributed by atoms with Gasteiger partial charge >= 0.3 is 0 Å². The van der Waals surface area contributed by atoms with Crippen LogP contribution in [-0.4, -0.2) is 15.0 Å². The fraction of sp³-hybridized carbons (Fsp3) is 0.444. The third kappa shape index (κ3) is 6.22. The van der Waals surface area contributed by atoms with Gasteiger partial charge in [-0.05, 0) is 91.6 Å². The van der Waals surface area contributed by atoms with Crippen LogP contribution in [0, 0.1) is 0 Å². The second-order valence-electron chi connectivity index (χ2n) is 8.16. The highest BCUT2D eigenvalue weighted by molar-refractivity contribution is 5.64. The molecule has 3 nitrogen and oxygen atoms in total.